The van der Waals surface area contributed by atoms with E-state index >= 15 is 0 Å². The SMILES string of the molecule is CCOC(=O)C1(c2nc(CCN(C)C)no2)CCC1. The summed E-state index contributed by atoms with van der Waals surface area (Å²) in [6.07, 6.45) is 3.19. The fourth-order valence-electron chi connectivity index (χ4n) is 2.18. The van der Waals surface area contributed by atoms with Crippen LogP contribution in [-0.2, 0) is 21.4 Å². The van der Waals surface area contributed by atoms with Crippen LogP contribution in [0.2, 0.25) is 0 Å². The number of nitrogens with zero attached hydrogens (tertiary/aromatic N) is 3. The second-order valence-electron chi connectivity index (χ2n) is 5.23. The minimum absolute atomic E-state index is 0.232. The molecule has 19 heavy (non-hydrogen) atoms. The van der Waals surface area contributed by atoms with Gasteiger partial charge in [-0.25, -0.2) is 0 Å². The maximum absolute atomic E-state index is 12.1. The zero-order valence-corrected chi connectivity index (χ0v) is 11.8. The van der Waals surface area contributed by atoms with Gasteiger partial charge >= 0.3 is 5.97 Å². The predicted octanol–water partition coefficient (Wildman–Crippen LogP) is 1.16. The van der Waals surface area contributed by atoms with Gasteiger partial charge in [0.05, 0.1) is 6.61 Å². The van der Waals surface area contributed by atoms with Gasteiger partial charge in [-0.1, -0.05) is 11.6 Å². The molecule has 0 saturated heterocycles. The van der Waals surface area contributed by atoms with E-state index < -0.39 is 5.41 Å². The van der Waals surface area contributed by atoms with E-state index in [4.69, 9.17) is 9.26 Å². The van der Waals surface area contributed by atoms with Crippen LogP contribution in [0.15, 0.2) is 4.52 Å². The number of carbonyl (C=O) groups is 1. The largest absolute Gasteiger partial charge is 0.465 e. The average Bonchev–Trinajstić information content (AvgIpc) is 2.74. The Bertz CT molecular complexity index is 438. The molecule has 1 aromatic heterocycles. The summed E-state index contributed by atoms with van der Waals surface area (Å²) >= 11 is 0. The van der Waals surface area contributed by atoms with Gasteiger partial charge in [-0.3, -0.25) is 4.79 Å². The van der Waals surface area contributed by atoms with Crippen molar-refractivity contribution in [3.63, 3.8) is 0 Å². The van der Waals surface area contributed by atoms with Crippen molar-refractivity contribution in [1.29, 1.82) is 0 Å². The summed E-state index contributed by atoms with van der Waals surface area (Å²) in [7, 11) is 3.99. The first-order valence-electron chi connectivity index (χ1n) is 6.73. The van der Waals surface area contributed by atoms with Crippen LogP contribution < -0.4 is 0 Å². The summed E-state index contributed by atoms with van der Waals surface area (Å²) < 4.78 is 10.4. The Morgan fingerprint density at radius 2 is 2.21 bits per heavy atom. The van der Waals surface area contributed by atoms with Crippen LogP contribution in [0.5, 0.6) is 0 Å². The van der Waals surface area contributed by atoms with Crippen molar-refractivity contribution in [2.75, 3.05) is 27.2 Å². The van der Waals surface area contributed by atoms with E-state index in [9.17, 15) is 4.79 Å². The molecule has 1 heterocycles. The van der Waals surface area contributed by atoms with Gasteiger partial charge in [0, 0.05) is 13.0 Å². The van der Waals surface area contributed by atoms with E-state index in [1.54, 1.807) is 6.92 Å². The first-order chi connectivity index (χ1) is 9.08. The number of hydrogen-bond acceptors (Lipinski definition) is 6. The summed E-state index contributed by atoms with van der Waals surface area (Å²) in [5.74, 6) is 0.842. The molecule has 0 atom stereocenters. The Morgan fingerprint density at radius 1 is 1.47 bits per heavy atom. The Labute approximate surface area is 113 Å². The van der Waals surface area contributed by atoms with E-state index in [2.05, 4.69) is 15.0 Å². The number of likely N-dealkylation sites (N-methyl/N-ethyl adjacent to an activating group) is 1. The van der Waals surface area contributed by atoms with Gasteiger partial charge < -0.3 is 14.2 Å². The van der Waals surface area contributed by atoms with Crippen LogP contribution >= 0.6 is 0 Å². The average molecular weight is 267 g/mol. The Balaban J connectivity index is 2.09. The summed E-state index contributed by atoms with van der Waals surface area (Å²) in [5, 5.41) is 3.96. The zero-order chi connectivity index (χ0) is 13.9. The van der Waals surface area contributed by atoms with E-state index in [0.717, 1.165) is 32.2 Å². The Kier molecular flexibility index (Phi) is 4.19. The normalized spacial score (nSPS) is 17.3. The summed E-state index contributed by atoms with van der Waals surface area (Å²) in [6.45, 7) is 3.04. The number of rotatable bonds is 6. The first kappa shape index (κ1) is 14.0. The third kappa shape index (κ3) is 2.78. The van der Waals surface area contributed by atoms with E-state index in [1.807, 2.05) is 14.1 Å². The molecule has 0 unspecified atom stereocenters. The minimum Gasteiger partial charge on any atom is -0.465 e. The highest BCUT2D eigenvalue weighted by atomic mass is 16.5. The molecule has 6 nitrogen and oxygen atoms in total. The van der Waals surface area contributed by atoms with E-state index in [1.165, 1.54) is 0 Å². The maximum atomic E-state index is 12.1. The topological polar surface area (TPSA) is 68.5 Å². The highest BCUT2D eigenvalue weighted by Gasteiger charge is 2.51. The molecule has 1 aliphatic carbocycles. The van der Waals surface area contributed by atoms with Crippen molar-refractivity contribution >= 4 is 5.97 Å². The van der Waals surface area contributed by atoms with Crippen LogP contribution in [0.4, 0.5) is 0 Å². The molecule has 1 aliphatic rings. The smallest absolute Gasteiger partial charge is 0.321 e. The summed E-state index contributed by atoms with van der Waals surface area (Å²) in [4.78, 5) is 18.5. The standard InChI is InChI=1S/C13H21N3O3/c1-4-18-12(17)13(7-5-8-13)11-14-10(15-19-11)6-9-16(2)3/h4-9H2,1-3H3. The lowest BCUT2D eigenvalue weighted by Crippen LogP contribution is -2.44. The zero-order valence-electron chi connectivity index (χ0n) is 11.8. The van der Waals surface area contributed by atoms with Crippen molar-refractivity contribution in [2.45, 2.75) is 38.0 Å². The van der Waals surface area contributed by atoms with Crippen molar-refractivity contribution in [3.8, 4) is 0 Å². The lowest BCUT2D eigenvalue weighted by molar-refractivity contribution is -0.155. The van der Waals surface area contributed by atoms with E-state index in [0.29, 0.717) is 18.3 Å². The Morgan fingerprint density at radius 3 is 2.74 bits per heavy atom. The summed E-state index contributed by atoms with van der Waals surface area (Å²) in [5.41, 5.74) is -0.681. The van der Waals surface area contributed by atoms with Gasteiger partial charge in [0.2, 0.25) is 5.89 Å². The molecule has 0 aromatic carbocycles. The number of esters is 1. The van der Waals surface area contributed by atoms with Crippen LogP contribution in [0.3, 0.4) is 0 Å². The molecule has 6 heteroatoms. The number of carbonyl (C=O) groups excluding carboxylic acids is 1. The fourth-order valence-corrected chi connectivity index (χ4v) is 2.18. The molecular weight excluding hydrogens is 246 g/mol. The predicted molar refractivity (Wildman–Crippen MR) is 68.7 cm³/mol. The molecule has 1 aromatic rings. The van der Waals surface area contributed by atoms with Crippen LogP contribution in [0.1, 0.15) is 37.9 Å². The fraction of sp³-hybridized carbons (Fsp3) is 0.769. The quantitative estimate of drug-likeness (QED) is 0.720. The van der Waals surface area contributed by atoms with E-state index in [-0.39, 0.29) is 5.97 Å². The number of aromatic nitrogens is 2. The van der Waals surface area contributed by atoms with Gasteiger partial charge in [-0.05, 0) is 33.9 Å². The second-order valence-corrected chi connectivity index (χ2v) is 5.23. The van der Waals surface area contributed by atoms with Gasteiger partial charge in [-0.2, -0.15) is 4.98 Å². The lowest BCUT2D eigenvalue weighted by Gasteiger charge is -2.35. The lowest BCUT2D eigenvalue weighted by atomic mass is 9.68. The third-order valence-corrected chi connectivity index (χ3v) is 3.53. The van der Waals surface area contributed by atoms with Crippen LogP contribution in [-0.4, -0.2) is 48.3 Å². The van der Waals surface area contributed by atoms with Gasteiger partial charge in [0.15, 0.2) is 5.82 Å². The first-order valence-corrected chi connectivity index (χ1v) is 6.73. The maximum Gasteiger partial charge on any atom is 0.321 e. The molecule has 1 fully saturated rings. The van der Waals surface area contributed by atoms with Crippen LogP contribution in [0, 0.1) is 0 Å². The summed E-state index contributed by atoms with van der Waals surface area (Å²) in [6, 6.07) is 0. The number of hydrogen-bond donors (Lipinski definition) is 0. The number of ether oxygens (including phenoxy) is 1. The third-order valence-electron chi connectivity index (χ3n) is 3.53. The molecule has 0 spiro atoms. The van der Waals surface area contributed by atoms with Gasteiger partial charge in [0.1, 0.15) is 5.41 Å². The monoisotopic (exact) mass is 267 g/mol. The molecule has 106 valence electrons. The molecular formula is C13H21N3O3. The van der Waals surface area contributed by atoms with Crippen molar-refractivity contribution in [1.82, 2.24) is 15.0 Å². The van der Waals surface area contributed by atoms with Crippen molar-refractivity contribution in [2.24, 2.45) is 0 Å². The van der Waals surface area contributed by atoms with Gasteiger partial charge in [0.25, 0.3) is 0 Å². The molecule has 0 aliphatic heterocycles. The minimum atomic E-state index is -0.681. The van der Waals surface area contributed by atoms with Gasteiger partial charge in [-0.15, -0.1) is 0 Å². The highest BCUT2D eigenvalue weighted by molar-refractivity contribution is 5.82. The highest BCUT2D eigenvalue weighted by Crippen LogP contribution is 2.44. The van der Waals surface area contributed by atoms with Crippen LogP contribution in [0.25, 0.3) is 0 Å². The molecule has 2 rings (SSSR count). The second kappa shape index (κ2) is 5.69. The van der Waals surface area contributed by atoms with Crippen molar-refractivity contribution < 1.29 is 14.1 Å². The molecule has 1 saturated carbocycles. The molecule has 0 bridgehead atoms. The Hall–Kier alpha value is -1.43. The molecule has 0 amide bonds. The van der Waals surface area contributed by atoms with Crippen molar-refractivity contribution in [3.05, 3.63) is 11.7 Å². The molecule has 0 radical (unpaired) electrons. The molecule has 0 N–H and O–H groups in total.